The van der Waals surface area contributed by atoms with E-state index in [0.29, 0.717) is 19.4 Å². The van der Waals surface area contributed by atoms with E-state index in [1.54, 1.807) is 19.0 Å². The fourth-order valence-corrected chi connectivity index (χ4v) is 1.37. The van der Waals surface area contributed by atoms with Gasteiger partial charge in [-0.05, 0) is 6.42 Å². The number of hydrogen-bond acceptors (Lipinski definition) is 3. The van der Waals surface area contributed by atoms with Crippen LogP contribution in [0.25, 0.3) is 0 Å². The van der Waals surface area contributed by atoms with Gasteiger partial charge in [-0.2, -0.15) is 0 Å². The van der Waals surface area contributed by atoms with Crippen LogP contribution in [-0.2, 0) is 9.59 Å². The number of rotatable bonds is 7. The Labute approximate surface area is 97.4 Å². The molecule has 0 fully saturated rings. The molecule has 0 saturated carbocycles. The van der Waals surface area contributed by atoms with Crippen LogP contribution in [0, 0.1) is 0 Å². The molecule has 5 nitrogen and oxygen atoms in total. The molecule has 0 saturated heterocycles. The van der Waals surface area contributed by atoms with E-state index in [-0.39, 0.29) is 17.9 Å². The molecule has 0 aromatic heterocycles. The topological polar surface area (TPSA) is 75.4 Å². The maximum atomic E-state index is 11.6. The van der Waals surface area contributed by atoms with E-state index in [2.05, 4.69) is 5.32 Å². The Morgan fingerprint density at radius 1 is 1.44 bits per heavy atom. The van der Waals surface area contributed by atoms with E-state index in [0.717, 1.165) is 12.8 Å². The molecule has 0 aliphatic rings. The highest BCUT2D eigenvalue weighted by Crippen LogP contribution is 2.01. The van der Waals surface area contributed by atoms with Gasteiger partial charge in [0.2, 0.25) is 11.8 Å². The largest absolute Gasteiger partial charge is 0.359 e. The lowest BCUT2D eigenvalue weighted by molar-refractivity contribution is -0.130. The highest BCUT2D eigenvalue weighted by atomic mass is 16.2. The third-order valence-electron chi connectivity index (χ3n) is 2.48. The number of nitrogens with two attached hydrogens (primary N) is 1. The van der Waals surface area contributed by atoms with Crippen molar-refractivity contribution in [1.82, 2.24) is 10.2 Å². The lowest BCUT2D eigenvalue weighted by Crippen LogP contribution is -2.35. The number of nitrogens with one attached hydrogen (secondary N) is 1. The summed E-state index contributed by atoms with van der Waals surface area (Å²) in [5.41, 5.74) is 5.78. The molecule has 1 atom stereocenters. The second-order valence-electron chi connectivity index (χ2n) is 3.99. The van der Waals surface area contributed by atoms with Gasteiger partial charge in [0.1, 0.15) is 0 Å². The predicted octanol–water partition coefficient (Wildman–Crippen LogP) is 0.0984. The van der Waals surface area contributed by atoms with Crippen molar-refractivity contribution >= 4 is 11.8 Å². The number of amides is 2. The molecule has 2 amide bonds. The first-order valence-electron chi connectivity index (χ1n) is 5.71. The fraction of sp³-hybridized carbons (Fsp3) is 0.818. The highest BCUT2D eigenvalue weighted by molar-refractivity contribution is 5.79. The van der Waals surface area contributed by atoms with Gasteiger partial charge < -0.3 is 16.0 Å². The summed E-state index contributed by atoms with van der Waals surface area (Å²) in [6.45, 7) is 2.48. The molecule has 0 spiro atoms. The van der Waals surface area contributed by atoms with Gasteiger partial charge in [0, 0.05) is 39.5 Å². The SMILES string of the molecule is CCCC(N)CC(=O)N(C)CCC(=O)NC. The van der Waals surface area contributed by atoms with E-state index in [1.807, 2.05) is 6.92 Å². The Balaban J connectivity index is 3.85. The molecule has 0 aromatic carbocycles. The maximum absolute atomic E-state index is 11.6. The van der Waals surface area contributed by atoms with Gasteiger partial charge in [-0.15, -0.1) is 0 Å². The van der Waals surface area contributed by atoms with E-state index >= 15 is 0 Å². The van der Waals surface area contributed by atoms with Crippen molar-refractivity contribution in [3.63, 3.8) is 0 Å². The van der Waals surface area contributed by atoms with E-state index < -0.39 is 0 Å². The van der Waals surface area contributed by atoms with E-state index in [4.69, 9.17) is 5.73 Å². The minimum Gasteiger partial charge on any atom is -0.359 e. The minimum absolute atomic E-state index is 0.00449. The van der Waals surface area contributed by atoms with Crippen molar-refractivity contribution in [2.24, 2.45) is 5.73 Å². The second-order valence-corrected chi connectivity index (χ2v) is 3.99. The Kier molecular flexibility index (Phi) is 7.54. The average molecular weight is 229 g/mol. The third-order valence-corrected chi connectivity index (χ3v) is 2.48. The van der Waals surface area contributed by atoms with Crippen molar-refractivity contribution in [3.05, 3.63) is 0 Å². The van der Waals surface area contributed by atoms with Crippen molar-refractivity contribution in [2.45, 2.75) is 38.6 Å². The smallest absolute Gasteiger partial charge is 0.223 e. The maximum Gasteiger partial charge on any atom is 0.223 e. The zero-order valence-corrected chi connectivity index (χ0v) is 10.5. The fourth-order valence-electron chi connectivity index (χ4n) is 1.37. The molecule has 0 aliphatic heterocycles. The lowest BCUT2D eigenvalue weighted by Gasteiger charge is -2.19. The molecule has 94 valence electrons. The summed E-state index contributed by atoms with van der Waals surface area (Å²) in [4.78, 5) is 24.2. The van der Waals surface area contributed by atoms with Gasteiger partial charge in [0.05, 0.1) is 0 Å². The monoisotopic (exact) mass is 229 g/mol. The van der Waals surface area contributed by atoms with Crippen molar-refractivity contribution < 1.29 is 9.59 Å². The zero-order chi connectivity index (χ0) is 12.6. The van der Waals surface area contributed by atoms with Crippen LogP contribution in [-0.4, -0.2) is 43.4 Å². The highest BCUT2D eigenvalue weighted by Gasteiger charge is 2.13. The van der Waals surface area contributed by atoms with Crippen LogP contribution in [0.4, 0.5) is 0 Å². The normalized spacial score (nSPS) is 12.0. The minimum atomic E-state index is -0.0695. The summed E-state index contributed by atoms with van der Waals surface area (Å²) in [7, 11) is 3.28. The number of carbonyl (C=O) groups excluding carboxylic acids is 2. The second kappa shape index (κ2) is 8.10. The van der Waals surface area contributed by atoms with Crippen LogP contribution in [0.2, 0.25) is 0 Å². The first-order valence-corrected chi connectivity index (χ1v) is 5.71. The van der Waals surface area contributed by atoms with Gasteiger partial charge >= 0.3 is 0 Å². The molecule has 0 bridgehead atoms. The van der Waals surface area contributed by atoms with E-state index in [1.165, 1.54) is 0 Å². The Morgan fingerprint density at radius 3 is 2.56 bits per heavy atom. The van der Waals surface area contributed by atoms with Gasteiger partial charge in [0.15, 0.2) is 0 Å². The Morgan fingerprint density at radius 2 is 2.06 bits per heavy atom. The van der Waals surface area contributed by atoms with Crippen molar-refractivity contribution in [2.75, 3.05) is 20.6 Å². The first-order chi connectivity index (χ1) is 7.51. The standard InChI is InChI=1S/C11H23N3O2/c1-4-5-9(12)8-11(16)14(3)7-6-10(15)13-2/h9H,4-8,12H2,1-3H3,(H,13,15). The van der Waals surface area contributed by atoms with Gasteiger partial charge in [0.25, 0.3) is 0 Å². The summed E-state index contributed by atoms with van der Waals surface area (Å²) in [5.74, 6) is -0.0534. The molecule has 0 aliphatic carbocycles. The molecule has 16 heavy (non-hydrogen) atoms. The predicted molar refractivity (Wildman–Crippen MR) is 63.8 cm³/mol. The molecule has 5 heteroatoms. The summed E-state index contributed by atoms with van der Waals surface area (Å²) in [5, 5.41) is 2.52. The molecule has 0 aromatic rings. The van der Waals surface area contributed by atoms with Crippen LogP contribution in [0.3, 0.4) is 0 Å². The van der Waals surface area contributed by atoms with Crippen LogP contribution in [0.1, 0.15) is 32.6 Å². The van der Waals surface area contributed by atoms with Crippen molar-refractivity contribution in [3.8, 4) is 0 Å². The average Bonchev–Trinajstić information content (AvgIpc) is 2.25. The lowest BCUT2D eigenvalue weighted by atomic mass is 10.1. The molecule has 1 unspecified atom stereocenters. The molecule has 3 N–H and O–H groups in total. The number of hydrogen-bond donors (Lipinski definition) is 2. The zero-order valence-electron chi connectivity index (χ0n) is 10.5. The van der Waals surface area contributed by atoms with Crippen LogP contribution >= 0.6 is 0 Å². The summed E-state index contributed by atoms with van der Waals surface area (Å²) >= 11 is 0. The summed E-state index contributed by atoms with van der Waals surface area (Å²) in [6, 6.07) is -0.0695. The van der Waals surface area contributed by atoms with E-state index in [9.17, 15) is 9.59 Å². The first kappa shape index (κ1) is 14.9. The molecular formula is C11H23N3O2. The Bertz CT molecular complexity index is 231. The summed E-state index contributed by atoms with van der Waals surface area (Å²) < 4.78 is 0. The molecular weight excluding hydrogens is 206 g/mol. The number of nitrogens with zero attached hydrogens (tertiary/aromatic N) is 1. The van der Waals surface area contributed by atoms with Crippen LogP contribution < -0.4 is 11.1 Å². The van der Waals surface area contributed by atoms with Gasteiger partial charge in [-0.3, -0.25) is 9.59 Å². The summed E-state index contributed by atoms with van der Waals surface area (Å²) in [6.07, 6.45) is 2.53. The van der Waals surface area contributed by atoms with Crippen LogP contribution in [0.15, 0.2) is 0 Å². The van der Waals surface area contributed by atoms with Gasteiger partial charge in [-0.1, -0.05) is 13.3 Å². The molecule has 0 radical (unpaired) electrons. The third kappa shape index (κ3) is 6.40. The quantitative estimate of drug-likeness (QED) is 0.650. The molecule has 0 heterocycles. The Hall–Kier alpha value is -1.10. The van der Waals surface area contributed by atoms with Crippen molar-refractivity contribution in [1.29, 1.82) is 0 Å². The number of carbonyl (C=O) groups is 2. The molecule has 0 rings (SSSR count). The van der Waals surface area contributed by atoms with Crippen LogP contribution in [0.5, 0.6) is 0 Å². The van der Waals surface area contributed by atoms with Gasteiger partial charge in [-0.25, -0.2) is 0 Å².